The number of pyridine rings is 1. The first-order chi connectivity index (χ1) is 14.5. The minimum Gasteiger partial charge on any atom is -0.381 e. The first-order valence-corrected chi connectivity index (χ1v) is 10.8. The second kappa shape index (κ2) is 8.99. The molecule has 2 fully saturated rings. The molecule has 0 radical (unpaired) electrons. The highest BCUT2D eigenvalue weighted by Crippen LogP contribution is 2.26. The Kier molecular flexibility index (Phi) is 6.17. The van der Waals surface area contributed by atoms with Gasteiger partial charge in [0.05, 0.1) is 5.56 Å². The van der Waals surface area contributed by atoms with Crippen LogP contribution in [0.4, 0.5) is 4.79 Å². The third kappa shape index (κ3) is 4.56. The summed E-state index contributed by atoms with van der Waals surface area (Å²) in [4.78, 5) is 26.8. The van der Waals surface area contributed by atoms with E-state index in [2.05, 4.69) is 20.8 Å². The molecule has 0 saturated carbocycles. The molecular weight excluding hydrogens is 384 g/mol. The number of rotatable bonds is 5. The second-order valence-electron chi connectivity index (χ2n) is 8.51. The number of likely N-dealkylation sites (tertiary alicyclic amines) is 1. The average molecular weight is 415 g/mol. The molecule has 1 atom stereocenters. The average Bonchev–Trinajstić information content (AvgIpc) is 3.38. The van der Waals surface area contributed by atoms with E-state index in [-0.39, 0.29) is 23.9 Å². The van der Waals surface area contributed by atoms with Crippen LogP contribution in [0.2, 0.25) is 0 Å². The van der Waals surface area contributed by atoms with Crippen molar-refractivity contribution in [3.8, 4) is 0 Å². The third-order valence-electron chi connectivity index (χ3n) is 5.84. The Bertz CT molecular complexity index is 905. The molecule has 0 aromatic carbocycles. The Hall–Kier alpha value is -2.68. The SMILES string of the molecule is CC(C)NC(=O)N1CC[C@H](c2nnc3ccc(C(=O)NCC4CCOCC4)cn23)C1. The number of carbonyl (C=O) groups is 2. The largest absolute Gasteiger partial charge is 0.381 e. The quantitative estimate of drug-likeness (QED) is 0.777. The van der Waals surface area contributed by atoms with Crippen molar-refractivity contribution in [3.63, 3.8) is 0 Å². The predicted molar refractivity (Wildman–Crippen MR) is 111 cm³/mol. The summed E-state index contributed by atoms with van der Waals surface area (Å²) in [7, 11) is 0. The van der Waals surface area contributed by atoms with Gasteiger partial charge in [-0.2, -0.15) is 0 Å². The van der Waals surface area contributed by atoms with Gasteiger partial charge in [0.1, 0.15) is 5.82 Å². The number of nitrogens with zero attached hydrogens (tertiary/aromatic N) is 4. The maximum Gasteiger partial charge on any atom is 0.317 e. The first kappa shape index (κ1) is 20.6. The number of ether oxygens (including phenoxy) is 1. The maximum absolute atomic E-state index is 12.7. The molecule has 4 rings (SSSR count). The van der Waals surface area contributed by atoms with Crippen LogP contribution < -0.4 is 10.6 Å². The first-order valence-electron chi connectivity index (χ1n) is 10.8. The van der Waals surface area contributed by atoms with E-state index >= 15 is 0 Å². The molecule has 30 heavy (non-hydrogen) atoms. The Morgan fingerprint density at radius 2 is 2.00 bits per heavy atom. The van der Waals surface area contributed by atoms with Gasteiger partial charge < -0.3 is 20.3 Å². The maximum atomic E-state index is 12.7. The Morgan fingerprint density at radius 3 is 2.77 bits per heavy atom. The normalized spacial score (nSPS) is 20.1. The van der Waals surface area contributed by atoms with Gasteiger partial charge in [0.15, 0.2) is 5.65 Å². The molecule has 9 nitrogen and oxygen atoms in total. The monoisotopic (exact) mass is 414 g/mol. The lowest BCUT2D eigenvalue weighted by molar-refractivity contribution is 0.0642. The molecule has 4 heterocycles. The van der Waals surface area contributed by atoms with E-state index in [0.717, 1.165) is 38.3 Å². The van der Waals surface area contributed by atoms with Gasteiger partial charge in [-0.1, -0.05) is 0 Å². The lowest BCUT2D eigenvalue weighted by Crippen LogP contribution is -2.41. The molecule has 0 bridgehead atoms. The molecule has 2 aliphatic rings. The Labute approximate surface area is 176 Å². The summed E-state index contributed by atoms with van der Waals surface area (Å²) in [6, 6.07) is 3.66. The zero-order valence-electron chi connectivity index (χ0n) is 17.6. The molecule has 0 unspecified atom stereocenters. The van der Waals surface area contributed by atoms with Crippen LogP contribution in [0.5, 0.6) is 0 Å². The number of amides is 3. The molecule has 0 spiro atoms. The highest BCUT2D eigenvalue weighted by Gasteiger charge is 2.30. The number of aromatic nitrogens is 3. The molecule has 0 aliphatic carbocycles. The lowest BCUT2D eigenvalue weighted by Gasteiger charge is -2.22. The standard InChI is InChI=1S/C21H30N6O3/c1-14(2)23-21(29)26-8-5-16(12-26)19-25-24-18-4-3-17(13-27(18)19)20(28)22-11-15-6-9-30-10-7-15/h3-4,13-16H,5-12H2,1-2H3,(H,22,28)(H,23,29)/t16-/m0/s1. The van der Waals surface area contributed by atoms with E-state index in [0.29, 0.717) is 36.8 Å². The van der Waals surface area contributed by atoms with E-state index in [1.165, 1.54) is 0 Å². The van der Waals surface area contributed by atoms with Crippen LogP contribution in [-0.4, -0.2) is 70.3 Å². The number of nitrogens with one attached hydrogen (secondary N) is 2. The molecule has 2 aliphatic heterocycles. The summed E-state index contributed by atoms with van der Waals surface area (Å²) < 4.78 is 7.26. The molecule has 9 heteroatoms. The highest BCUT2D eigenvalue weighted by atomic mass is 16.5. The lowest BCUT2D eigenvalue weighted by atomic mass is 10.0. The van der Waals surface area contributed by atoms with Crippen molar-refractivity contribution in [2.24, 2.45) is 5.92 Å². The molecule has 3 amide bonds. The zero-order valence-corrected chi connectivity index (χ0v) is 17.6. The summed E-state index contributed by atoms with van der Waals surface area (Å²) in [5, 5.41) is 14.6. The predicted octanol–water partition coefficient (Wildman–Crippen LogP) is 1.79. The summed E-state index contributed by atoms with van der Waals surface area (Å²) in [5.41, 5.74) is 1.29. The number of fused-ring (bicyclic) bond motifs is 1. The van der Waals surface area contributed by atoms with Gasteiger partial charge in [0.25, 0.3) is 5.91 Å². The smallest absolute Gasteiger partial charge is 0.317 e. The van der Waals surface area contributed by atoms with E-state index in [9.17, 15) is 9.59 Å². The van der Waals surface area contributed by atoms with Crippen molar-refractivity contribution in [2.75, 3.05) is 32.8 Å². The van der Waals surface area contributed by atoms with Crippen molar-refractivity contribution in [1.29, 1.82) is 0 Å². The van der Waals surface area contributed by atoms with Gasteiger partial charge >= 0.3 is 6.03 Å². The molecule has 2 N–H and O–H groups in total. The van der Waals surface area contributed by atoms with Crippen molar-refractivity contribution in [1.82, 2.24) is 30.1 Å². The second-order valence-corrected chi connectivity index (χ2v) is 8.51. The van der Waals surface area contributed by atoms with Crippen molar-refractivity contribution < 1.29 is 14.3 Å². The van der Waals surface area contributed by atoms with E-state index in [1.54, 1.807) is 12.3 Å². The van der Waals surface area contributed by atoms with E-state index in [4.69, 9.17) is 4.74 Å². The molecule has 2 saturated heterocycles. The van der Waals surface area contributed by atoms with Crippen LogP contribution in [0.3, 0.4) is 0 Å². The van der Waals surface area contributed by atoms with Gasteiger partial charge in [0, 0.05) is 51.0 Å². The summed E-state index contributed by atoms with van der Waals surface area (Å²) in [6.07, 6.45) is 4.60. The highest BCUT2D eigenvalue weighted by molar-refractivity contribution is 5.94. The van der Waals surface area contributed by atoms with Crippen LogP contribution in [-0.2, 0) is 4.74 Å². The van der Waals surface area contributed by atoms with Crippen molar-refractivity contribution in [2.45, 2.75) is 45.1 Å². The van der Waals surface area contributed by atoms with Gasteiger partial charge in [-0.05, 0) is 51.2 Å². The molecule has 2 aromatic heterocycles. The number of carbonyl (C=O) groups excluding carboxylic acids is 2. The topological polar surface area (TPSA) is 101 Å². The van der Waals surface area contributed by atoms with Gasteiger partial charge in [-0.3, -0.25) is 9.20 Å². The van der Waals surface area contributed by atoms with Crippen LogP contribution >= 0.6 is 0 Å². The summed E-state index contributed by atoms with van der Waals surface area (Å²) in [6.45, 7) is 7.38. The van der Waals surface area contributed by atoms with Crippen LogP contribution in [0.15, 0.2) is 18.3 Å². The fraction of sp³-hybridized carbons (Fsp3) is 0.619. The van der Waals surface area contributed by atoms with Crippen LogP contribution in [0, 0.1) is 5.92 Å². The van der Waals surface area contributed by atoms with E-state index in [1.807, 2.05) is 29.2 Å². The minimum atomic E-state index is -0.0904. The number of urea groups is 1. The van der Waals surface area contributed by atoms with Crippen molar-refractivity contribution >= 4 is 17.6 Å². The summed E-state index contributed by atoms with van der Waals surface area (Å²) in [5.74, 6) is 1.27. The van der Waals surface area contributed by atoms with Crippen LogP contribution in [0.25, 0.3) is 5.65 Å². The zero-order chi connectivity index (χ0) is 21.1. The molecular formula is C21H30N6O3. The van der Waals surface area contributed by atoms with Gasteiger partial charge in [-0.25, -0.2) is 4.79 Å². The van der Waals surface area contributed by atoms with Gasteiger partial charge in [0.2, 0.25) is 0 Å². The molecule has 2 aromatic rings. The minimum absolute atomic E-state index is 0.0468. The van der Waals surface area contributed by atoms with Gasteiger partial charge in [-0.15, -0.1) is 10.2 Å². The summed E-state index contributed by atoms with van der Waals surface area (Å²) >= 11 is 0. The van der Waals surface area contributed by atoms with Crippen LogP contribution in [0.1, 0.15) is 55.2 Å². The number of hydrogen-bond donors (Lipinski definition) is 2. The van der Waals surface area contributed by atoms with E-state index < -0.39 is 0 Å². The fourth-order valence-electron chi connectivity index (χ4n) is 4.10. The number of hydrogen-bond acceptors (Lipinski definition) is 5. The molecule has 162 valence electrons. The Balaban J connectivity index is 1.44. The Morgan fingerprint density at radius 1 is 1.20 bits per heavy atom. The third-order valence-corrected chi connectivity index (χ3v) is 5.84. The fourth-order valence-corrected chi connectivity index (χ4v) is 4.10. The van der Waals surface area contributed by atoms with Crippen molar-refractivity contribution in [3.05, 3.63) is 29.7 Å².